The molecule has 1 aliphatic rings. The fourth-order valence-corrected chi connectivity index (χ4v) is 5.02. The Hall–Kier alpha value is -3.36. The Balaban J connectivity index is 1.32. The van der Waals surface area contributed by atoms with Crippen molar-refractivity contribution in [3.05, 3.63) is 65.6 Å². The van der Waals surface area contributed by atoms with Crippen LogP contribution in [0.5, 0.6) is 0 Å². The molecule has 1 N–H and O–H groups in total. The van der Waals surface area contributed by atoms with Gasteiger partial charge in [0, 0.05) is 61.8 Å². The molecule has 4 heterocycles. The predicted octanol–water partition coefficient (Wildman–Crippen LogP) is 4.84. The Bertz CT molecular complexity index is 1330. The molecule has 0 spiro atoms. The van der Waals surface area contributed by atoms with Gasteiger partial charge in [0.05, 0.1) is 9.88 Å². The van der Waals surface area contributed by atoms with Crippen molar-refractivity contribution in [2.45, 2.75) is 26.8 Å². The molecule has 3 aromatic heterocycles. The standard InChI is InChI=1S/C26H28N6OS/c1-17(2)31-8-10-32(11-9-31)25-14-20(6-7-27-25)26(33)30-24-13-22-12-19(4-5-21(22)15-29-24)23-16-28-18(3)34-23/h4-7,12-17H,8-11H2,1-3H3,(H,29,30,33). The molecule has 5 rings (SSSR count). The van der Waals surface area contributed by atoms with E-state index in [9.17, 15) is 4.79 Å². The molecule has 1 aliphatic heterocycles. The number of nitrogens with zero attached hydrogens (tertiary/aromatic N) is 5. The van der Waals surface area contributed by atoms with Crippen molar-refractivity contribution in [3.63, 3.8) is 0 Å². The van der Waals surface area contributed by atoms with E-state index in [4.69, 9.17) is 0 Å². The minimum Gasteiger partial charge on any atom is -0.354 e. The zero-order valence-electron chi connectivity index (χ0n) is 19.7. The van der Waals surface area contributed by atoms with Gasteiger partial charge >= 0.3 is 0 Å². The van der Waals surface area contributed by atoms with Crippen LogP contribution >= 0.6 is 11.3 Å². The van der Waals surface area contributed by atoms with Crippen molar-refractivity contribution >= 4 is 39.7 Å². The number of carbonyl (C=O) groups is 1. The molecule has 8 heteroatoms. The highest BCUT2D eigenvalue weighted by molar-refractivity contribution is 7.15. The second-order valence-corrected chi connectivity index (χ2v) is 10.1. The minimum atomic E-state index is -0.189. The molecule has 0 saturated carbocycles. The Morgan fingerprint density at radius 1 is 0.971 bits per heavy atom. The molecule has 1 saturated heterocycles. The fourth-order valence-electron chi connectivity index (χ4n) is 4.25. The highest BCUT2D eigenvalue weighted by Crippen LogP contribution is 2.29. The van der Waals surface area contributed by atoms with Crippen LogP contribution in [0.25, 0.3) is 21.2 Å². The van der Waals surface area contributed by atoms with Crippen molar-refractivity contribution < 1.29 is 4.79 Å². The number of aryl methyl sites for hydroxylation is 1. The second kappa shape index (κ2) is 9.48. The first-order valence-electron chi connectivity index (χ1n) is 11.6. The topological polar surface area (TPSA) is 74.2 Å². The largest absolute Gasteiger partial charge is 0.354 e. The number of benzene rings is 1. The molecule has 4 aromatic rings. The summed E-state index contributed by atoms with van der Waals surface area (Å²) in [5.74, 6) is 1.18. The average Bonchev–Trinajstić information content (AvgIpc) is 3.30. The van der Waals surface area contributed by atoms with Gasteiger partial charge in [-0.2, -0.15) is 0 Å². The number of carbonyl (C=O) groups excluding carboxylic acids is 1. The number of fused-ring (bicyclic) bond motifs is 1. The van der Waals surface area contributed by atoms with E-state index in [0.717, 1.165) is 58.2 Å². The van der Waals surface area contributed by atoms with Gasteiger partial charge in [0.15, 0.2) is 0 Å². The molecular weight excluding hydrogens is 444 g/mol. The number of aromatic nitrogens is 3. The van der Waals surface area contributed by atoms with Gasteiger partial charge in [-0.3, -0.25) is 9.69 Å². The van der Waals surface area contributed by atoms with E-state index in [1.807, 2.05) is 31.3 Å². The third kappa shape index (κ3) is 4.78. The van der Waals surface area contributed by atoms with Crippen LogP contribution in [-0.4, -0.2) is 58.0 Å². The summed E-state index contributed by atoms with van der Waals surface area (Å²) in [6, 6.07) is 12.3. The highest BCUT2D eigenvalue weighted by atomic mass is 32.1. The monoisotopic (exact) mass is 472 g/mol. The first-order valence-corrected chi connectivity index (χ1v) is 12.4. The number of rotatable bonds is 5. The van der Waals surface area contributed by atoms with Crippen molar-refractivity contribution in [3.8, 4) is 10.4 Å². The molecule has 1 fully saturated rings. The van der Waals surface area contributed by atoms with E-state index >= 15 is 0 Å². The van der Waals surface area contributed by atoms with Crippen LogP contribution in [0.1, 0.15) is 29.2 Å². The summed E-state index contributed by atoms with van der Waals surface area (Å²) in [7, 11) is 0. The molecule has 1 amide bonds. The molecule has 0 aliphatic carbocycles. The van der Waals surface area contributed by atoms with Crippen LogP contribution in [0, 0.1) is 6.92 Å². The number of piperazine rings is 1. The molecule has 1 aromatic carbocycles. The number of nitrogens with one attached hydrogen (secondary N) is 1. The maximum Gasteiger partial charge on any atom is 0.257 e. The van der Waals surface area contributed by atoms with Gasteiger partial charge in [0.2, 0.25) is 0 Å². The fraction of sp³-hybridized carbons (Fsp3) is 0.308. The maximum absolute atomic E-state index is 13.0. The minimum absolute atomic E-state index is 0.189. The SMILES string of the molecule is Cc1ncc(-c2ccc3cnc(NC(=O)c4ccnc(N5CCN(C(C)C)CC5)c4)cc3c2)s1. The molecule has 0 atom stereocenters. The number of thiazole rings is 1. The van der Waals surface area contributed by atoms with Gasteiger partial charge in [-0.05, 0) is 56.0 Å². The lowest BCUT2D eigenvalue weighted by Gasteiger charge is -2.37. The lowest BCUT2D eigenvalue weighted by molar-refractivity contribution is 0.102. The summed E-state index contributed by atoms with van der Waals surface area (Å²) in [6.07, 6.45) is 5.39. The molecule has 0 unspecified atom stereocenters. The van der Waals surface area contributed by atoms with Crippen LogP contribution in [-0.2, 0) is 0 Å². The lowest BCUT2D eigenvalue weighted by Crippen LogP contribution is -2.49. The average molecular weight is 473 g/mol. The zero-order chi connectivity index (χ0) is 23.7. The van der Waals surface area contributed by atoms with E-state index < -0.39 is 0 Å². The van der Waals surface area contributed by atoms with E-state index in [1.165, 1.54) is 0 Å². The molecule has 0 bridgehead atoms. The van der Waals surface area contributed by atoms with Crippen molar-refractivity contribution in [1.29, 1.82) is 0 Å². The normalized spacial score (nSPS) is 14.6. The van der Waals surface area contributed by atoms with Gasteiger partial charge in [-0.1, -0.05) is 12.1 Å². The highest BCUT2D eigenvalue weighted by Gasteiger charge is 2.20. The van der Waals surface area contributed by atoms with Crippen LogP contribution in [0.15, 0.2) is 55.0 Å². The van der Waals surface area contributed by atoms with E-state index in [0.29, 0.717) is 17.4 Å². The Morgan fingerprint density at radius 2 is 1.79 bits per heavy atom. The number of anilines is 2. The van der Waals surface area contributed by atoms with Crippen LogP contribution < -0.4 is 10.2 Å². The van der Waals surface area contributed by atoms with Gasteiger partial charge in [-0.25, -0.2) is 15.0 Å². The molecular formula is C26H28N6OS. The number of pyridine rings is 2. The number of hydrogen-bond donors (Lipinski definition) is 1. The van der Waals surface area contributed by atoms with Crippen LogP contribution in [0.4, 0.5) is 11.6 Å². The molecule has 174 valence electrons. The van der Waals surface area contributed by atoms with Crippen molar-refractivity contribution in [2.24, 2.45) is 0 Å². The number of amides is 1. The second-order valence-electron chi connectivity index (χ2n) is 8.85. The summed E-state index contributed by atoms with van der Waals surface area (Å²) in [5, 5.41) is 6.03. The van der Waals surface area contributed by atoms with Gasteiger partial charge in [0.1, 0.15) is 11.6 Å². The Morgan fingerprint density at radius 3 is 2.53 bits per heavy atom. The third-order valence-electron chi connectivity index (χ3n) is 6.25. The Labute approximate surface area is 203 Å². The first kappa shape index (κ1) is 22.4. The van der Waals surface area contributed by atoms with Gasteiger partial charge < -0.3 is 10.2 Å². The smallest absolute Gasteiger partial charge is 0.257 e. The zero-order valence-corrected chi connectivity index (χ0v) is 20.5. The summed E-state index contributed by atoms with van der Waals surface area (Å²) in [4.78, 5) is 32.1. The van der Waals surface area contributed by atoms with Crippen LogP contribution in [0.2, 0.25) is 0 Å². The van der Waals surface area contributed by atoms with Crippen LogP contribution in [0.3, 0.4) is 0 Å². The summed E-state index contributed by atoms with van der Waals surface area (Å²) in [6.45, 7) is 10.3. The summed E-state index contributed by atoms with van der Waals surface area (Å²) < 4.78 is 0. The maximum atomic E-state index is 13.0. The third-order valence-corrected chi connectivity index (χ3v) is 7.21. The summed E-state index contributed by atoms with van der Waals surface area (Å²) in [5.41, 5.74) is 1.69. The first-order chi connectivity index (χ1) is 16.5. The van der Waals surface area contributed by atoms with Crippen molar-refractivity contribution in [1.82, 2.24) is 19.9 Å². The Kier molecular flexibility index (Phi) is 6.26. The summed E-state index contributed by atoms with van der Waals surface area (Å²) >= 11 is 1.67. The van der Waals surface area contributed by atoms with Crippen molar-refractivity contribution in [2.75, 3.05) is 36.4 Å². The lowest BCUT2D eigenvalue weighted by atomic mass is 10.1. The molecule has 7 nitrogen and oxygen atoms in total. The van der Waals surface area contributed by atoms with E-state index in [2.05, 4.69) is 56.0 Å². The molecule has 34 heavy (non-hydrogen) atoms. The van der Waals surface area contributed by atoms with E-state index in [1.54, 1.807) is 29.8 Å². The van der Waals surface area contributed by atoms with Gasteiger partial charge in [0.25, 0.3) is 5.91 Å². The predicted molar refractivity (Wildman–Crippen MR) is 139 cm³/mol. The number of hydrogen-bond acceptors (Lipinski definition) is 7. The van der Waals surface area contributed by atoms with Gasteiger partial charge in [-0.15, -0.1) is 11.3 Å². The molecule has 0 radical (unpaired) electrons. The quantitative estimate of drug-likeness (QED) is 0.448. The van der Waals surface area contributed by atoms with E-state index in [-0.39, 0.29) is 5.91 Å².